The third-order valence-corrected chi connectivity index (χ3v) is 11.5. The van der Waals surface area contributed by atoms with Crippen molar-refractivity contribution < 1.29 is 0 Å². The third kappa shape index (κ3) is 5.88. The molecule has 2 heterocycles. The number of nitrogens with zero attached hydrogens (tertiary/aromatic N) is 2. The van der Waals surface area contributed by atoms with Crippen LogP contribution in [0.15, 0.2) is 195 Å². The minimum atomic E-state index is 1.07. The van der Waals surface area contributed by atoms with Crippen LogP contribution in [-0.2, 0) is 0 Å². The molecule has 2 heteroatoms. The first-order valence-corrected chi connectivity index (χ1v) is 20.2. The standard InChI is InChI=1S/C45H30N2.C9H10.C2H6/c1-28(30-13-4-3-5-14-30)44-29(2)32-18-12-19-36-42(26-24-37(44)45(32)36)47-41-22-11-8-17-35(41)38-27-31(23-25-43(38)47)46-39-20-9-6-15-33(39)34-16-7-10-21-40(34)46;1-8(2)9-6-4-3-5-7-9;1-2/h3-27H,1H2,2H3;3-7H,1H2,2H3;1-2H3. The fraction of sp³-hybridized carbons (Fsp3) is 0.0714. The third-order valence-electron chi connectivity index (χ3n) is 11.5. The highest BCUT2D eigenvalue weighted by Crippen LogP contribution is 2.49. The molecule has 0 atom stereocenters. The first kappa shape index (κ1) is 36.5. The van der Waals surface area contributed by atoms with E-state index in [1.807, 2.05) is 39.0 Å². The zero-order valence-electron chi connectivity index (χ0n) is 33.6. The Hall–Kier alpha value is -7.16. The minimum absolute atomic E-state index is 1.07. The summed E-state index contributed by atoms with van der Waals surface area (Å²) < 4.78 is 4.87. The Morgan fingerprint density at radius 2 is 0.931 bits per heavy atom. The molecule has 11 rings (SSSR count). The highest BCUT2D eigenvalue weighted by Gasteiger charge is 2.26. The Bertz CT molecular complexity index is 3170. The van der Waals surface area contributed by atoms with Gasteiger partial charge in [-0.15, -0.1) is 0 Å². The Balaban J connectivity index is 0.000000349. The van der Waals surface area contributed by atoms with Crippen molar-refractivity contribution in [3.63, 3.8) is 0 Å². The number of hydrogen-bond acceptors (Lipinski definition) is 0. The number of benzene rings is 8. The van der Waals surface area contributed by atoms with E-state index < -0.39 is 0 Å². The molecule has 0 unspecified atom stereocenters. The van der Waals surface area contributed by atoms with Crippen LogP contribution in [0.25, 0.3) is 88.1 Å². The van der Waals surface area contributed by atoms with Gasteiger partial charge in [0.2, 0.25) is 0 Å². The summed E-state index contributed by atoms with van der Waals surface area (Å²) in [4.78, 5) is 0. The number of rotatable bonds is 5. The maximum absolute atomic E-state index is 4.58. The van der Waals surface area contributed by atoms with Gasteiger partial charge in [0.15, 0.2) is 0 Å². The van der Waals surface area contributed by atoms with Gasteiger partial charge in [-0.3, -0.25) is 0 Å². The molecular weight excluding hydrogens is 701 g/mol. The lowest BCUT2D eigenvalue weighted by molar-refractivity contribution is 1.17. The van der Waals surface area contributed by atoms with E-state index in [9.17, 15) is 0 Å². The number of aromatic nitrogens is 2. The van der Waals surface area contributed by atoms with Gasteiger partial charge in [-0.1, -0.05) is 172 Å². The van der Waals surface area contributed by atoms with Crippen LogP contribution >= 0.6 is 0 Å². The van der Waals surface area contributed by atoms with Crippen molar-refractivity contribution in [2.24, 2.45) is 0 Å². The van der Waals surface area contributed by atoms with Gasteiger partial charge >= 0.3 is 0 Å². The van der Waals surface area contributed by atoms with Gasteiger partial charge in [-0.05, 0) is 101 Å². The lowest BCUT2D eigenvalue weighted by Crippen LogP contribution is -1.98. The largest absolute Gasteiger partial charge is 0.309 e. The van der Waals surface area contributed by atoms with E-state index >= 15 is 0 Å². The average Bonchev–Trinajstić information content (AvgIpc) is 3.90. The lowest BCUT2D eigenvalue weighted by Gasteiger charge is -2.15. The number of allylic oxidation sites excluding steroid dienone is 4. The van der Waals surface area contributed by atoms with Crippen molar-refractivity contribution in [1.29, 1.82) is 0 Å². The van der Waals surface area contributed by atoms with E-state index in [-0.39, 0.29) is 0 Å². The number of hydrogen-bond donors (Lipinski definition) is 0. The molecule has 0 radical (unpaired) electrons. The van der Waals surface area contributed by atoms with Crippen molar-refractivity contribution in [1.82, 2.24) is 9.13 Å². The zero-order chi connectivity index (χ0) is 39.9. The van der Waals surface area contributed by atoms with Gasteiger partial charge in [-0.2, -0.15) is 0 Å². The molecule has 1 aliphatic carbocycles. The van der Waals surface area contributed by atoms with Crippen LogP contribution in [0.1, 0.15) is 49.9 Å². The highest BCUT2D eigenvalue weighted by atomic mass is 15.0. The second-order valence-electron chi connectivity index (χ2n) is 14.8. The van der Waals surface area contributed by atoms with Gasteiger partial charge in [0.05, 0.1) is 27.8 Å². The monoisotopic (exact) mass is 746 g/mol. The number of para-hydroxylation sites is 3. The summed E-state index contributed by atoms with van der Waals surface area (Å²) in [6, 6.07) is 65.3. The van der Waals surface area contributed by atoms with E-state index in [1.165, 1.54) is 93.6 Å². The fourth-order valence-corrected chi connectivity index (χ4v) is 8.90. The summed E-state index contributed by atoms with van der Waals surface area (Å²) in [7, 11) is 0. The van der Waals surface area contributed by atoms with Crippen molar-refractivity contribution in [2.45, 2.75) is 27.7 Å². The van der Waals surface area contributed by atoms with Crippen LogP contribution in [0.5, 0.6) is 0 Å². The molecule has 2 aromatic heterocycles. The molecule has 0 aliphatic heterocycles. The Morgan fingerprint density at radius 3 is 1.52 bits per heavy atom. The minimum Gasteiger partial charge on any atom is -0.309 e. The Labute approximate surface area is 340 Å². The predicted molar refractivity (Wildman–Crippen MR) is 253 cm³/mol. The molecule has 0 saturated heterocycles. The summed E-state index contributed by atoms with van der Waals surface area (Å²) in [5.41, 5.74) is 16.9. The van der Waals surface area contributed by atoms with E-state index in [0.717, 1.165) is 16.7 Å². The van der Waals surface area contributed by atoms with Gasteiger partial charge in [0.25, 0.3) is 0 Å². The lowest BCUT2D eigenvalue weighted by atomic mass is 9.92. The topological polar surface area (TPSA) is 9.86 Å². The van der Waals surface area contributed by atoms with Crippen molar-refractivity contribution in [3.8, 4) is 11.4 Å². The van der Waals surface area contributed by atoms with E-state index in [0.29, 0.717) is 0 Å². The van der Waals surface area contributed by atoms with Gasteiger partial charge in [0, 0.05) is 32.6 Å². The molecule has 58 heavy (non-hydrogen) atoms. The molecule has 1 aliphatic rings. The SMILES string of the molecule is C=C(C)c1ccccc1.C=C(C1=C(C)c2cccc3c(-n4c5ccccc5c5cc(-n6c7ccccc7c7ccccc76)ccc54)ccc1c23)c1ccccc1.CC. The average molecular weight is 747 g/mol. The second-order valence-corrected chi connectivity index (χ2v) is 14.8. The second kappa shape index (κ2) is 15.1. The van der Waals surface area contributed by atoms with Crippen LogP contribution in [0.4, 0.5) is 0 Å². The van der Waals surface area contributed by atoms with Crippen molar-refractivity contribution in [2.75, 3.05) is 0 Å². The molecule has 8 aromatic carbocycles. The molecule has 0 amide bonds. The molecule has 0 fully saturated rings. The summed E-state index contributed by atoms with van der Waals surface area (Å²) in [6.07, 6.45) is 0. The van der Waals surface area contributed by atoms with Crippen LogP contribution in [0.2, 0.25) is 0 Å². The predicted octanol–water partition coefficient (Wildman–Crippen LogP) is 15.7. The van der Waals surface area contributed by atoms with Crippen LogP contribution < -0.4 is 0 Å². The summed E-state index contributed by atoms with van der Waals surface area (Å²) >= 11 is 0. The van der Waals surface area contributed by atoms with Gasteiger partial charge < -0.3 is 9.13 Å². The van der Waals surface area contributed by atoms with Gasteiger partial charge in [-0.25, -0.2) is 0 Å². The smallest absolute Gasteiger partial charge is 0.0542 e. The molecular formula is C56H46N2. The quantitative estimate of drug-likeness (QED) is 0.166. The summed E-state index contributed by atoms with van der Waals surface area (Å²) in [5.74, 6) is 0. The van der Waals surface area contributed by atoms with Crippen molar-refractivity contribution >= 4 is 76.7 Å². The summed E-state index contributed by atoms with van der Waals surface area (Å²) in [6.45, 7) is 16.7. The zero-order valence-corrected chi connectivity index (χ0v) is 33.6. The molecule has 0 bridgehead atoms. The molecule has 10 aromatic rings. The first-order chi connectivity index (χ1) is 28.5. The normalized spacial score (nSPS) is 11.9. The maximum Gasteiger partial charge on any atom is 0.0542 e. The molecule has 2 nitrogen and oxygen atoms in total. The first-order valence-electron chi connectivity index (χ1n) is 20.2. The number of fused-ring (bicyclic) bond motifs is 6. The van der Waals surface area contributed by atoms with Crippen molar-refractivity contribution in [3.05, 3.63) is 217 Å². The Morgan fingerprint density at radius 1 is 0.431 bits per heavy atom. The van der Waals surface area contributed by atoms with E-state index in [2.05, 4.69) is 193 Å². The van der Waals surface area contributed by atoms with Crippen LogP contribution in [0.3, 0.4) is 0 Å². The fourth-order valence-electron chi connectivity index (χ4n) is 8.90. The highest BCUT2D eigenvalue weighted by molar-refractivity contribution is 6.26. The molecule has 0 N–H and O–H groups in total. The Kier molecular flexibility index (Phi) is 9.47. The summed E-state index contributed by atoms with van der Waals surface area (Å²) in [5, 5.41) is 7.61. The van der Waals surface area contributed by atoms with Crippen LogP contribution in [0, 0.1) is 0 Å². The maximum atomic E-state index is 4.58. The van der Waals surface area contributed by atoms with E-state index in [1.54, 1.807) is 0 Å². The van der Waals surface area contributed by atoms with Crippen LogP contribution in [-0.4, -0.2) is 9.13 Å². The van der Waals surface area contributed by atoms with E-state index in [4.69, 9.17) is 0 Å². The molecule has 280 valence electrons. The molecule has 0 spiro atoms. The van der Waals surface area contributed by atoms with Gasteiger partial charge in [0.1, 0.15) is 0 Å². The molecule has 0 saturated carbocycles.